The summed E-state index contributed by atoms with van der Waals surface area (Å²) in [7, 11) is 0. The lowest BCUT2D eigenvalue weighted by Crippen LogP contribution is -2.21. The van der Waals surface area contributed by atoms with Crippen molar-refractivity contribution >= 4 is 12.0 Å². The van der Waals surface area contributed by atoms with Crippen LogP contribution in [0.5, 0.6) is 0 Å². The van der Waals surface area contributed by atoms with Crippen molar-refractivity contribution in [3.05, 3.63) is 0 Å². The van der Waals surface area contributed by atoms with Crippen LogP contribution in [0.1, 0.15) is 6.42 Å². The van der Waals surface area contributed by atoms with E-state index in [2.05, 4.69) is 4.99 Å². The molecule has 0 fully saturated rings. The molecule has 1 aliphatic heterocycles. The molecule has 0 saturated carbocycles. The van der Waals surface area contributed by atoms with E-state index in [9.17, 15) is 18.0 Å². The second kappa shape index (κ2) is 2.64. The van der Waals surface area contributed by atoms with Crippen LogP contribution in [0.3, 0.4) is 0 Å². The summed E-state index contributed by atoms with van der Waals surface area (Å²) in [5.41, 5.74) is 0. The Morgan fingerprint density at radius 2 is 2.27 bits per heavy atom. The summed E-state index contributed by atoms with van der Waals surface area (Å²) in [6.45, 7) is -0.0965. The van der Waals surface area contributed by atoms with Gasteiger partial charge in [-0.15, -0.1) is 0 Å². The average Bonchev–Trinajstić information content (AvgIpc) is 2.12. The lowest BCUT2D eigenvalue weighted by Gasteiger charge is -2.07. The molecule has 0 N–H and O–H groups in total. The highest BCUT2D eigenvalue weighted by molar-refractivity contribution is 6.00. The van der Waals surface area contributed by atoms with Crippen molar-refractivity contribution in [2.75, 3.05) is 6.54 Å². The summed E-state index contributed by atoms with van der Waals surface area (Å²) in [5.74, 6) is -1.47. The van der Waals surface area contributed by atoms with E-state index >= 15 is 0 Å². The lowest BCUT2D eigenvalue weighted by atomic mass is 10.0. The van der Waals surface area contributed by atoms with Gasteiger partial charge < -0.3 is 0 Å². The fourth-order valence-electron chi connectivity index (χ4n) is 0.886. The Labute approximate surface area is 61.1 Å². The highest BCUT2D eigenvalue weighted by Crippen LogP contribution is 2.25. The number of halogens is 3. The summed E-state index contributed by atoms with van der Waals surface area (Å²) in [4.78, 5) is 14.1. The maximum atomic E-state index is 11.7. The second-order valence-corrected chi connectivity index (χ2v) is 2.38. The predicted molar refractivity (Wildman–Crippen MR) is 32.5 cm³/mol. The monoisotopic (exact) mass is 165 g/mol. The summed E-state index contributed by atoms with van der Waals surface area (Å²) in [6.07, 6.45) is -4.26. The fourth-order valence-corrected chi connectivity index (χ4v) is 0.886. The average molecular weight is 165 g/mol. The number of alkyl halides is 3. The molecule has 1 atom stereocenters. The number of carbonyl (C=O) groups excluding carboxylic acids is 1. The molecule has 1 heterocycles. The first-order chi connectivity index (χ1) is 4.99. The zero-order valence-corrected chi connectivity index (χ0v) is 5.56. The molecule has 0 unspecified atom stereocenters. The number of hydrogen-bond acceptors (Lipinski definition) is 2. The number of rotatable bonds is 1. The Hall–Kier alpha value is -0.870. The van der Waals surface area contributed by atoms with Crippen molar-refractivity contribution < 1.29 is 18.0 Å². The molecule has 0 radical (unpaired) electrons. The highest BCUT2D eigenvalue weighted by atomic mass is 19.4. The van der Waals surface area contributed by atoms with Gasteiger partial charge in [0, 0.05) is 6.21 Å². The van der Waals surface area contributed by atoms with E-state index in [1.165, 1.54) is 0 Å². The van der Waals surface area contributed by atoms with Gasteiger partial charge in [-0.1, -0.05) is 0 Å². The smallest absolute Gasteiger partial charge is 0.297 e. The Bertz CT molecular complexity index is 196. The maximum Gasteiger partial charge on any atom is 0.390 e. The van der Waals surface area contributed by atoms with Crippen LogP contribution in [0.2, 0.25) is 0 Å². The van der Waals surface area contributed by atoms with Gasteiger partial charge in [-0.05, 0) is 0 Å². The number of nitrogens with zero attached hydrogens (tertiary/aromatic N) is 1. The van der Waals surface area contributed by atoms with Crippen molar-refractivity contribution in [1.29, 1.82) is 0 Å². The van der Waals surface area contributed by atoms with Crippen LogP contribution < -0.4 is 0 Å². The van der Waals surface area contributed by atoms with Gasteiger partial charge in [0.25, 0.3) is 0 Å². The summed E-state index contributed by atoms with van der Waals surface area (Å²) in [6, 6.07) is 0. The minimum Gasteiger partial charge on any atom is -0.297 e. The van der Waals surface area contributed by atoms with Gasteiger partial charge in [0.1, 0.15) is 0 Å². The van der Waals surface area contributed by atoms with Gasteiger partial charge in [0.15, 0.2) is 5.78 Å². The van der Waals surface area contributed by atoms with Crippen molar-refractivity contribution in [3.63, 3.8) is 0 Å². The van der Waals surface area contributed by atoms with Crippen LogP contribution >= 0.6 is 0 Å². The van der Waals surface area contributed by atoms with Crippen molar-refractivity contribution in [1.82, 2.24) is 0 Å². The van der Waals surface area contributed by atoms with Crippen LogP contribution in [-0.4, -0.2) is 24.7 Å². The highest BCUT2D eigenvalue weighted by Gasteiger charge is 2.35. The number of aliphatic imine (C=N–C) groups is 1. The minimum absolute atomic E-state index is 0.0965. The third-order valence-electron chi connectivity index (χ3n) is 1.40. The maximum absolute atomic E-state index is 11.7. The van der Waals surface area contributed by atoms with Crippen LogP contribution in [-0.2, 0) is 4.79 Å². The third-order valence-corrected chi connectivity index (χ3v) is 1.40. The molecular formula is C6H6F3NO. The largest absolute Gasteiger partial charge is 0.390 e. The molecule has 11 heavy (non-hydrogen) atoms. The Balaban J connectivity index is 2.50. The van der Waals surface area contributed by atoms with E-state index < -0.39 is 24.3 Å². The molecule has 0 spiro atoms. The van der Waals surface area contributed by atoms with Crippen LogP contribution in [0, 0.1) is 5.92 Å². The minimum atomic E-state index is -4.27. The first kappa shape index (κ1) is 8.23. The molecule has 2 nitrogen and oxygen atoms in total. The molecule has 0 amide bonds. The third kappa shape index (κ3) is 2.32. The number of Topliss-reactive ketones (excluding diaryl/α,β-unsaturated/α-hetero) is 1. The molecule has 62 valence electrons. The Morgan fingerprint density at radius 3 is 2.64 bits per heavy atom. The van der Waals surface area contributed by atoms with Gasteiger partial charge >= 0.3 is 6.18 Å². The van der Waals surface area contributed by atoms with E-state index in [4.69, 9.17) is 0 Å². The molecule has 1 aliphatic rings. The standard InChI is InChI=1S/C6H6F3NO/c7-6(8,9)1-4-2-10-3-5(4)11/h2,4H,1,3H2/t4-/m0/s1. The zero-order valence-electron chi connectivity index (χ0n) is 5.56. The topological polar surface area (TPSA) is 29.4 Å². The molecule has 0 aliphatic carbocycles. The lowest BCUT2D eigenvalue weighted by molar-refractivity contribution is -0.146. The number of hydrogen-bond donors (Lipinski definition) is 0. The molecule has 0 aromatic rings. The van der Waals surface area contributed by atoms with Crippen LogP contribution in [0.15, 0.2) is 4.99 Å². The Morgan fingerprint density at radius 1 is 1.64 bits per heavy atom. The number of ketones is 1. The SMILES string of the molecule is O=C1CN=C[C@@H]1CC(F)(F)F. The van der Waals surface area contributed by atoms with Crippen LogP contribution in [0.4, 0.5) is 13.2 Å². The van der Waals surface area contributed by atoms with Crippen LogP contribution in [0.25, 0.3) is 0 Å². The van der Waals surface area contributed by atoms with Crippen molar-refractivity contribution in [3.8, 4) is 0 Å². The molecule has 0 bridgehead atoms. The van der Waals surface area contributed by atoms with E-state index in [1.54, 1.807) is 0 Å². The molecule has 1 rings (SSSR count). The van der Waals surface area contributed by atoms with Gasteiger partial charge in [-0.2, -0.15) is 13.2 Å². The van der Waals surface area contributed by atoms with E-state index in [0.717, 1.165) is 6.21 Å². The molecule has 5 heteroatoms. The second-order valence-electron chi connectivity index (χ2n) is 2.38. The predicted octanol–water partition coefficient (Wildman–Crippen LogP) is 1.21. The molecule has 0 saturated heterocycles. The number of carbonyl (C=O) groups is 1. The normalized spacial score (nSPS) is 24.6. The Kier molecular flexibility index (Phi) is 1.97. The summed E-state index contributed by atoms with van der Waals surface area (Å²) >= 11 is 0. The first-order valence-corrected chi connectivity index (χ1v) is 3.08. The van der Waals surface area contributed by atoms with Gasteiger partial charge in [-0.3, -0.25) is 9.79 Å². The van der Waals surface area contributed by atoms with Gasteiger partial charge in [0.05, 0.1) is 18.9 Å². The zero-order chi connectivity index (χ0) is 8.48. The van der Waals surface area contributed by atoms with E-state index in [0.29, 0.717) is 0 Å². The molecule has 0 aromatic heterocycles. The first-order valence-electron chi connectivity index (χ1n) is 3.08. The van der Waals surface area contributed by atoms with Gasteiger partial charge in [0.2, 0.25) is 0 Å². The molecular weight excluding hydrogens is 159 g/mol. The summed E-state index contributed by atoms with van der Waals surface area (Å²) in [5, 5.41) is 0. The van der Waals surface area contributed by atoms with E-state index in [1.807, 2.05) is 0 Å². The van der Waals surface area contributed by atoms with Crippen molar-refractivity contribution in [2.45, 2.75) is 12.6 Å². The fraction of sp³-hybridized carbons (Fsp3) is 0.667. The molecule has 0 aromatic carbocycles. The van der Waals surface area contributed by atoms with Gasteiger partial charge in [-0.25, -0.2) is 0 Å². The van der Waals surface area contributed by atoms with E-state index in [-0.39, 0.29) is 6.54 Å². The quantitative estimate of drug-likeness (QED) is 0.574. The van der Waals surface area contributed by atoms with Crippen molar-refractivity contribution in [2.24, 2.45) is 10.9 Å². The summed E-state index contributed by atoms with van der Waals surface area (Å²) < 4.78 is 35.0.